The van der Waals surface area contributed by atoms with E-state index in [0.29, 0.717) is 11.8 Å². The van der Waals surface area contributed by atoms with Gasteiger partial charge in [0.05, 0.1) is 12.9 Å². The minimum absolute atomic E-state index is 0.204. The smallest absolute Gasteiger partial charge is 0.233 e. The van der Waals surface area contributed by atoms with E-state index in [9.17, 15) is 4.79 Å². The molecule has 0 saturated carbocycles. The first-order valence-corrected chi connectivity index (χ1v) is 12.7. The topological polar surface area (TPSA) is 60.3 Å². The molecule has 1 aliphatic rings. The van der Waals surface area contributed by atoms with Crippen molar-refractivity contribution in [3.05, 3.63) is 60.2 Å². The summed E-state index contributed by atoms with van der Waals surface area (Å²) >= 11 is 1.49. The van der Waals surface area contributed by atoms with E-state index in [4.69, 9.17) is 4.74 Å². The van der Waals surface area contributed by atoms with E-state index in [1.165, 1.54) is 23.7 Å². The van der Waals surface area contributed by atoms with Crippen LogP contribution in [0.5, 0.6) is 5.75 Å². The fraction of sp³-hybridized carbons (Fsp3) is 0.423. The van der Waals surface area contributed by atoms with Gasteiger partial charge >= 0.3 is 0 Å². The number of amides is 1. The van der Waals surface area contributed by atoms with Crippen LogP contribution in [-0.4, -0.2) is 51.0 Å². The number of thioether (sulfide) groups is 1. The summed E-state index contributed by atoms with van der Waals surface area (Å²) in [5.74, 6) is 2.21. The number of hydrogen-bond donors (Lipinski definition) is 0. The van der Waals surface area contributed by atoms with E-state index in [-0.39, 0.29) is 5.91 Å². The number of nitrogens with zero attached hydrogens (tertiary/aromatic N) is 4. The maximum absolute atomic E-state index is 13.0. The van der Waals surface area contributed by atoms with Crippen LogP contribution in [0.1, 0.15) is 38.2 Å². The molecule has 1 atom stereocenters. The molecule has 7 heteroatoms. The highest BCUT2D eigenvalue weighted by Gasteiger charge is 2.26. The fourth-order valence-corrected chi connectivity index (χ4v) is 5.25. The summed E-state index contributed by atoms with van der Waals surface area (Å²) in [5, 5.41) is 9.77. The summed E-state index contributed by atoms with van der Waals surface area (Å²) in [6.07, 6.45) is 5.32. The number of methoxy groups -OCH3 is 1. The van der Waals surface area contributed by atoms with Crippen molar-refractivity contribution in [2.24, 2.45) is 0 Å². The quantitative estimate of drug-likeness (QED) is 0.413. The van der Waals surface area contributed by atoms with Gasteiger partial charge in [-0.1, -0.05) is 49.0 Å². The largest absolute Gasteiger partial charge is 0.497 e. The molecule has 1 saturated heterocycles. The average molecular weight is 465 g/mol. The van der Waals surface area contributed by atoms with Crippen LogP contribution >= 0.6 is 11.8 Å². The summed E-state index contributed by atoms with van der Waals surface area (Å²) in [5.41, 5.74) is 2.25. The second-order valence-corrected chi connectivity index (χ2v) is 9.30. The molecule has 0 aliphatic carbocycles. The van der Waals surface area contributed by atoms with E-state index in [1.54, 1.807) is 7.11 Å². The molecule has 0 radical (unpaired) electrons. The Bertz CT molecular complexity index is 1040. The summed E-state index contributed by atoms with van der Waals surface area (Å²) in [6.45, 7) is 3.79. The SMILES string of the molecule is CCC1CCCCN1C(=O)CSc1nnc(-c2ccc(OC)cc2)n1CCc1ccccc1. The summed E-state index contributed by atoms with van der Waals surface area (Å²) in [4.78, 5) is 15.1. The molecule has 1 unspecified atom stereocenters. The first-order chi connectivity index (χ1) is 16.2. The van der Waals surface area contributed by atoms with Gasteiger partial charge in [0.2, 0.25) is 5.91 Å². The first kappa shape index (κ1) is 23.4. The highest BCUT2D eigenvalue weighted by atomic mass is 32.2. The van der Waals surface area contributed by atoms with Crippen LogP contribution in [0.3, 0.4) is 0 Å². The lowest BCUT2D eigenvalue weighted by Gasteiger charge is -2.35. The van der Waals surface area contributed by atoms with Gasteiger partial charge in [-0.2, -0.15) is 0 Å². The molecule has 0 N–H and O–H groups in total. The zero-order valence-electron chi connectivity index (χ0n) is 19.4. The monoisotopic (exact) mass is 464 g/mol. The Morgan fingerprint density at radius 2 is 1.88 bits per heavy atom. The fourth-order valence-electron chi connectivity index (χ4n) is 4.40. The van der Waals surface area contributed by atoms with Gasteiger partial charge in [-0.25, -0.2) is 0 Å². The predicted octanol–water partition coefficient (Wildman–Crippen LogP) is 5.08. The van der Waals surface area contributed by atoms with Crippen molar-refractivity contribution in [3.8, 4) is 17.1 Å². The number of rotatable bonds is 9. The second-order valence-electron chi connectivity index (χ2n) is 8.36. The minimum Gasteiger partial charge on any atom is -0.497 e. The van der Waals surface area contributed by atoms with Crippen molar-refractivity contribution in [1.29, 1.82) is 0 Å². The van der Waals surface area contributed by atoms with Gasteiger partial charge < -0.3 is 14.2 Å². The van der Waals surface area contributed by atoms with E-state index in [1.807, 2.05) is 30.3 Å². The van der Waals surface area contributed by atoms with E-state index in [0.717, 1.165) is 61.1 Å². The molecule has 1 aromatic heterocycles. The van der Waals surface area contributed by atoms with Crippen LogP contribution in [0.25, 0.3) is 11.4 Å². The first-order valence-electron chi connectivity index (χ1n) is 11.7. The average Bonchev–Trinajstić information content (AvgIpc) is 3.29. The van der Waals surface area contributed by atoms with Crippen LogP contribution in [0, 0.1) is 0 Å². The summed E-state index contributed by atoms with van der Waals surface area (Å²) < 4.78 is 7.44. The van der Waals surface area contributed by atoms with Crippen LogP contribution < -0.4 is 4.74 Å². The number of aryl methyl sites for hydroxylation is 1. The second kappa shape index (κ2) is 11.4. The molecule has 2 heterocycles. The number of aromatic nitrogens is 3. The maximum Gasteiger partial charge on any atom is 0.233 e. The van der Waals surface area contributed by atoms with Crippen molar-refractivity contribution < 1.29 is 9.53 Å². The van der Waals surface area contributed by atoms with Gasteiger partial charge in [-0.3, -0.25) is 4.79 Å². The summed E-state index contributed by atoms with van der Waals surface area (Å²) in [7, 11) is 1.66. The Hall–Kier alpha value is -2.80. The predicted molar refractivity (Wildman–Crippen MR) is 133 cm³/mol. The van der Waals surface area contributed by atoms with Crippen LogP contribution in [0.2, 0.25) is 0 Å². The van der Waals surface area contributed by atoms with Gasteiger partial charge in [0.15, 0.2) is 11.0 Å². The normalized spacial score (nSPS) is 16.1. The number of carbonyl (C=O) groups excluding carboxylic acids is 1. The Morgan fingerprint density at radius 3 is 2.61 bits per heavy atom. The van der Waals surface area contributed by atoms with Crippen molar-refractivity contribution in [1.82, 2.24) is 19.7 Å². The van der Waals surface area contributed by atoms with Gasteiger partial charge in [0.1, 0.15) is 5.75 Å². The lowest BCUT2D eigenvalue weighted by molar-refractivity contribution is -0.132. The molecule has 2 aromatic carbocycles. The molecule has 1 aliphatic heterocycles. The van der Waals surface area contributed by atoms with E-state index >= 15 is 0 Å². The lowest BCUT2D eigenvalue weighted by Crippen LogP contribution is -2.44. The van der Waals surface area contributed by atoms with Gasteiger partial charge in [-0.15, -0.1) is 10.2 Å². The number of piperidine rings is 1. The number of ether oxygens (including phenoxy) is 1. The van der Waals surface area contributed by atoms with Gasteiger partial charge in [0.25, 0.3) is 0 Å². The maximum atomic E-state index is 13.0. The van der Waals surface area contributed by atoms with Crippen molar-refractivity contribution >= 4 is 17.7 Å². The van der Waals surface area contributed by atoms with Crippen molar-refractivity contribution in [2.45, 2.75) is 56.8 Å². The summed E-state index contributed by atoms with van der Waals surface area (Å²) in [6, 6.07) is 18.7. The van der Waals surface area contributed by atoms with E-state index in [2.05, 4.69) is 50.9 Å². The van der Waals surface area contributed by atoms with E-state index < -0.39 is 0 Å². The Kier molecular flexibility index (Phi) is 8.05. The van der Waals surface area contributed by atoms with Crippen molar-refractivity contribution in [2.75, 3.05) is 19.4 Å². The number of carbonyl (C=O) groups is 1. The number of hydrogen-bond acceptors (Lipinski definition) is 5. The standard InChI is InChI=1S/C26H32N4O2S/c1-3-22-11-7-8-17-29(22)24(31)19-33-26-28-27-25(21-12-14-23(32-2)15-13-21)30(26)18-16-20-9-5-4-6-10-20/h4-6,9-10,12-15,22H,3,7-8,11,16-19H2,1-2H3. The van der Waals surface area contributed by atoms with Crippen LogP contribution in [-0.2, 0) is 17.8 Å². The zero-order valence-corrected chi connectivity index (χ0v) is 20.3. The molecule has 6 nitrogen and oxygen atoms in total. The number of likely N-dealkylation sites (tertiary alicyclic amines) is 1. The molecule has 1 fully saturated rings. The Morgan fingerprint density at radius 1 is 1.09 bits per heavy atom. The molecule has 3 aromatic rings. The molecule has 4 rings (SSSR count). The molecule has 0 spiro atoms. The molecule has 1 amide bonds. The molecule has 0 bridgehead atoms. The van der Waals surface area contributed by atoms with Crippen LogP contribution in [0.15, 0.2) is 59.8 Å². The third kappa shape index (κ3) is 5.77. The highest BCUT2D eigenvalue weighted by Crippen LogP contribution is 2.27. The Labute approximate surface area is 200 Å². The van der Waals surface area contributed by atoms with Gasteiger partial charge in [-0.05, 0) is 61.9 Å². The third-order valence-electron chi connectivity index (χ3n) is 6.28. The van der Waals surface area contributed by atoms with Gasteiger partial charge in [0, 0.05) is 24.7 Å². The molecule has 33 heavy (non-hydrogen) atoms. The molecular weight excluding hydrogens is 432 g/mol. The zero-order chi connectivity index (χ0) is 23.0. The minimum atomic E-state index is 0.204. The van der Waals surface area contributed by atoms with Crippen LogP contribution in [0.4, 0.5) is 0 Å². The molecule has 174 valence electrons. The third-order valence-corrected chi connectivity index (χ3v) is 7.23. The number of benzene rings is 2. The highest BCUT2D eigenvalue weighted by molar-refractivity contribution is 7.99. The van der Waals surface area contributed by atoms with Crippen molar-refractivity contribution in [3.63, 3.8) is 0 Å². The lowest BCUT2D eigenvalue weighted by atomic mass is 10.0. The molecular formula is C26H32N4O2S. The Balaban J connectivity index is 1.53.